The SMILES string of the molecule is CCOc1ccc(Cl)cc1NC(C)c1ccc(F)cc1Br. The van der Waals surface area contributed by atoms with Gasteiger partial charge in [0.25, 0.3) is 0 Å². The summed E-state index contributed by atoms with van der Waals surface area (Å²) >= 11 is 9.43. The lowest BCUT2D eigenvalue weighted by Crippen LogP contribution is -2.09. The molecule has 0 spiro atoms. The van der Waals surface area contributed by atoms with E-state index in [9.17, 15) is 4.39 Å². The van der Waals surface area contributed by atoms with Gasteiger partial charge in [0, 0.05) is 15.5 Å². The molecule has 0 radical (unpaired) electrons. The summed E-state index contributed by atoms with van der Waals surface area (Å²) in [4.78, 5) is 0. The molecule has 0 fully saturated rings. The van der Waals surface area contributed by atoms with Gasteiger partial charge in [0.05, 0.1) is 12.3 Å². The topological polar surface area (TPSA) is 21.3 Å². The molecule has 0 bridgehead atoms. The van der Waals surface area contributed by atoms with Crippen LogP contribution in [-0.2, 0) is 0 Å². The summed E-state index contributed by atoms with van der Waals surface area (Å²) in [6, 6.07) is 10.1. The first-order valence-electron chi connectivity index (χ1n) is 6.65. The Hall–Kier alpha value is -1.26. The van der Waals surface area contributed by atoms with Crippen LogP contribution < -0.4 is 10.1 Å². The Bertz CT molecular complexity index is 636. The third-order valence-electron chi connectivity index (χ3n) is 3.04. The van der Waals surface area contributed by atoms with Gasteiger partial charge >= 0.3 is 0 Å². The smallest absolute Gasteiger partial charge is 0.142 e. The zero-order valence-electron chi connectivity index (χ0n) is 11.8. The van der Waals surface area contributed by atoms with E-state index < -0.39 is 0 Å². The number of halogens is 3. The van der Waals surface area contributed by atoms with Crippen molar-refractivity contribution in [3.05, 3.63) is 57.3 Å². The van der Waals surface area contributed by atoms with Crippen LogP contribution >= 0.6 is 27.5 Å². The van der Waals surface area contributed by atoms with Gasteiger partial charge < -0.3 is 10.1 Å². The van der Waals surface area contributed by atoms with Gasteiger partial charge in [-0.25, -0.2) is 4.39 Å². The monoisotopic (exact) mass is 371 g/mol. The highest BCUT2D eigenvalue weighted by molar-refractivity contribution is 9.10. The molecule has 0 aliphatic heterocycles. The zero-order chi connectivity index (χ0) is 15.4. The summed E-state index contributed by atoms with van der Waals surface area (Å²) < 4.78 is 19.5. The number of benzene rings is 2. The van der Waals surface area contributed by atoms with E-state index in [0.29, 0.717) is 11.6 Å². The Morgan fingerprint density at radius 3 is 2.71 bits per heavy atom. The highest BCUT2D eigenvalue weighted by Crippen LogP contribution is 2.33. The van der Waals surface area contributed by atoms with Crippen molar-refractivity contribution in [2.75, 3.05) is 11.9 Å². The van der Waals surface area contributed by atoms with Gasteiger partial charge in [-0.15, -0.1) is 0 Å². The van der Waals surface area contributed by atoms with Crippen LogP contribution in [0.5, 0.6) is 5.75 Å². The number of hydrogen-bond donors (Lipinski definition) is 1. The van der Waals surface area contributed by atoms with Gasteiger partial charge in [-0.1, -0.05) is 33.6 Å². The van der Waals surface area contributed by atoms with Crippen molar-refractivity contribution in [1.82, 2.24) is 0 Å². The summed E-state index contributed by atoms with van der Waals surface area (Å²) in [6.07, 6.45) is 0. The third-order valence-corrected chi connectivity index (χ3v) is 3.96. The molecule has 5 heteroatoms. The number of ether oxygens (including phenoxy) is 1. The molecule has 1 unspecified atom stereocenters. The van der Waals surface area contributed by atoms with E-state index in [2.05, 4.69) is 21.2 Å². The Labute approximate surface area is 137 Å². The predicted molar refractivity (Wildman–Crippen MR) is 88.8 cm³/mol. The molecule has 0 aliphatic rings. The number of anilines is 1. The molecule has 0 amide bonds. The zero-order valence-corrected chi connectivity index (χ0v) is 14.1. The van der Waals surface area contributed by atoms with E-state index in [0.717, 1.165) is 21.5 Å². The first-order chi connectivity index (χ1) is 10.0. The lowest BCUT2D eigenvalue weighted by Gasteiger charge is -2.20. The van der Waals surface area contributed by atoms with Gasteiger partial charge in [0.15, 0.2) is 0 Å². The average Bonchev–Trinajstić information content (AvgIpc) is 2.41. The normalized spacial score (nSPS) is 12.0. The van der Waals surface area contributed by atoms with Crippen molar-refractivity contribution in [2.24, 2.45) is 0 Å². The minimum Gasteiger partial charge on any atom is -0.492 e. The fourth-order valence-corrected chi connectivity index (χ4v) is 2.93. The van der Waals surface area contributed by atoms with Crippen molar-refractivity contribution in [3.63, 3.8) is 0 Å². The highest BCUT2D eigenvalue weighted by atomic mass is 79.9. The number of hydrogen-bond acceptors (Lipinski definition) is 2. The standard InChI is InChI=1S/C16H16BrClFNO/c1-3-21-16-7-4-11(18)8-15(16)20-10(2)13-6-5-12(19)9-14(13)17/h4-10,20H,3H2,1-2H3. The Kier molecular flexibility index (Phi) is 5.48. The Balaban J connectivity index is 2.26. The Morgan fingerprint density at radius 2 is 2.05 bits per heavy atom. The number of rotatable bonds is 5. The molecule has 21 heavy (non-hydrogen) atoms. The van der Waals surface area contributed by atoms with Crippen LogP contribution in [0.15, 0.2) is 40.9 Å². The van der Waals surface area contributed by atoms with Crippen molar-refractivity contribution >= 4 is 33.2 Å². The largest absolute Gasteiger partial charge is 0.492 e. The van der Waals surface area contributed by atoms with Crippen LogP contribution in [0.25, 0.3) is 0 Å². The maximum absolute atomic E-state index is 13.2. The minimum atomic E-state index is -0.268. The van der Waals surface area contributed by atoms with E-state index in [1.165, 1.54) is 12.1 Å². The summed E-state index contributed by atoms with van der Waals surface area (Å²) in [5.41, 5.74) is 1.77. The first-order valence-corrected chi connectivity index (χ1v) is 7.82. The van der Waals surface area contributed by atoms with E-state index in [4.69, 9.17) is 16.3 Å². The molecule has 2 aromatic carbocycles. The van der Waals surface area contributed by atoms with E-state index in [-0.39, 0.29) is 11.9 Å². The molecule has 1 N–H and O–H groups in total. The summed E-state index contributed by atoms with van der Waals surface area (Å²) in [7, 11) is 0. The van der Waals surface area contributed by atoms with E-state index in [1.807, 2.05) is 26.0 Å². The number of nitrogens with one attached hydrogen (secondary N) is 1. The fraction of sp³-hybridized carbons (Fsp3) is 0.250. The second-order valence-corrected chi connectivity index (χ2v) is 5.90. The van der Waals surface area contributed by atoms with E-state index >= 15 is 0 Å². The molecule has 2 aromatic rings. The summed E-state index contributed by atoms with van der Waals surface area (Å²) in [5, 5.41) is 3.98. The first kappa shape index (κ1) is 16.1. The van der Waals surface area contributed by atoms with Crippen molar-refractivity contribution in [1.29, 1.82) is 0 Å². The van der Waals surface area contributed by atoms with Gasteiger partial charge in [0.1, 0.15) is 11.6 Å². The molecule has 1 atom stereocenters. The van der Waals surface area contributed by atoms with E-state index in [1.54, 1.807) is 12.1 Å². The molecule has 0 aliphatic carbocycles. The molecule has 0 saturated heterocycles. The Morgan fingerprint density at radius 1 is 1.29 bits per heavy atom. The van der Waals surface area contributed by atoms with Crippen molar-refractivity contribution in [2.45, 2.75) is 19.9 Å². The second kappa shape index (κ2) is 7.14. The predicted octanol–water partition coefficient (Wildman–Crippen LogP) is 5.81. The summed E-state index contributed by atoms with van der Waals surface area (Å²) in [6.45, 7) is 4.50. The second-order valence-electron chi connectivity index (χ2n) is 4.61. The van der Waals surface area contributed by atoms with Gasteiger partial charge in [-0.2, -0.15) is 0 Å². The van der Waals surface area contributed by atoms with Gasteiger partial charge in [-0.3, -0.25) is 0 Å². The minimum absolute atomic E-state index is 0.0300. The molecule has 2 nitrogen and oxygen atoms in total. The van der Waals surface area contributed by atoms with Crippen LogP contribution in [0, 0.1) is 5.82 Å². The quantitative estimate of drug-likeness (QED) is 0.714. The van der Waals surface area contributed by atoms with Crippen molar-refractivity contribution < 1.29 is 9.13 Å². The molecule has 0 aromatic heterocycles. The maximum Gasteiger partial charge on any atom is 0.142 e. The van der Waals surface area contributed by atoms with Crippen LogP contribution in [0.3, 0.4) is 0 Å². The van der Waals surface area contributed by atoms with Crippen LogP contribution in [0.4, 0.5) is 10.1 Å². The molecule has 0 saturated carbocycles. The van der Waals surface area contributed by atoms with Crippen LogP contribution in [-0.4, -0.2) is 6.61 Å². The lowest BCUT2D eigenvalue weighted by molar-refractivity contribution is 0.341. The van der Waals surface area contributed by atoms with Gasteiger partial charge in [0.2, 0.25) is 0 Å². The maximum atomic E-state index is 13.2. The average molecular weight is 373 g/mol. The highest BCUT2D eigenvalue weighted by Gasteiger charge is 2.13. The molecule has 0 heterocycles. The van der Waals surface area contributed by atoms with Crippen LogP contribution in [0.2, 0.25) is 5.02 Å². The third kappa shape index (κ3) is 4.11. The van der Waals surface area contributed by atoms with Crippen LogP contribution in [0.1, 0.15) is 25.5 Å². The molecular formula is C16H16BrClFNO. The summed E-state index contributed by atoms with van der Waals surface area (Å²) in [5.74, 6) is 0.475. The van der Waals surface area contributed by atoms with Gasteiger partial charge in [-0.05, 0) is 49.7 Å². The molecule has 2 rings (SSSR count). The molecule has 112 valence electrons. The fourth-order valence-electron chi connectivity index (χ4n) is 2.06. The lowest BCUT2D eigenvalue weighted by atomic mass is 10.1. The van der Waals surface area contributed by atoms with Crippen molar-refractivity contribution in [3.8, 4) is 5.75 Å². The molecular weight excluding hydrogens is 357 g/mol.